The van der Waals surface area contributed by atoms with Gasteiger partial charge in [-0.25, -0.2) is 4.79 Å². The summed E-state index contributed by atoms with van der Waals surface area (Å²) in [6.07, 6.45) is 5.18. The Balaban J connectivity index is 2.33. The fourth-order valence-electron chi connectivity index (χ4n) is 0.714. The van der Waals surface area contributed by atoms with E-state index in [9.17, 15) is 9.59 Å². The summed E-state index contributed by atoms with van der Waals surface area (Å²) >= 11 is 0. The highest BCUT2D eigenvalue weighted by Gasteiger charge is 2.00. The van der Waals surface area contributed by atoms with E-state index < -0.39 is 11.7 Å². The predicted octanol–water partition coefficient (Wildman–Crippen LogP) is -1.35. The molecule has 0 fully saturated rings. The van der Waals surface area contributed by atoms with Gasteiger partial charge in [0.25, 0.3) is 5.91 Å². The summed E-state index contributed by atoms with van der Waals surface area (Å²) in [4.78, 5) is 23.3. The average Bonchev–Trinajstić information content (AvgIpc) is 2.51. The number of nitrogens with one attached hydrogen (secondary N) is 2. The first kappa shape index (κ1) is 9.06. The smallest absolute Gasteiger partial charge is 0.345 e. The fourth-order valence-corrected chi connectivity index (χ4v) is 0.714. The average molecular weight is 181 g/mol. The summed E-state index contributed by atoms with van der Waals surface area (Å²) in [5, 5.41) is 5.80. The minimum Gasteiger partial charge on any atom is -0.345 e. The molecule has 0 aliphatic rings. The molecule has 0 atom stereocenters. The van der Waals surface area contributed by atoms with Crippen LogP contribution in [0.2, 0.25) is 0 Å². The molecule has 0 unspecified atom stereocenters. The summed E-state index contributed by atoms with van der Waals surface area (Å²) in [5.41, 5.74) is 0. The Bertz CT molecular complexity index is 384. The molecule has 1 aromatic heterocycles. The Morgan fingerprint density at radius 3 is 3.08 bits per heavy atom. The Morgan fingerprint density at radius 2 is 2.54 bits per heavy atom. The molecule has 0 saturated heterocycles. The second-order valence-corrected chi connectivity index (χ2v) is 2.19. The molecule has 6 heteroatoms. The summed E-state index contributed by atoms with van der Waals surface area (Å²) in [7, 11) is 0. The molecule has 0 radical (unpaired) electrons. The quantitative estimate of drug-likeness (QED) is 0.564. The van der Waals surface area contributed by atoms with Crippen molar-refractivity contribution in [2.75, 3.05) is 6.54 Å². The molecule has 0 spiro atoms. The Kier molecular flexibility index (Phi) is 2.87. The Labute approximate surface area is 73.3 Å². The normalized spacial score (nSPS) is 9.15. The molecular formula is C7H7N3O3. The lowest BCUT2D eigenvalue weighted by Gasteiger charge is -1.95. The first-order valence-corrected chi connectivity index (χ1v) is 3.51. The third-order valence-electron chi connectivity index (χ3n) is 1.26. The van der Waals surface area contributed by atoms with Gasteiger partial charge in [0.2, 0.25) is 0 Å². The first-order chi connectivity index (χ1) is 6.22. The third-order valence-corrected chi connectivity index (χ3v) is 1.26. The van der Waals surface area contributed by atoms with Gasteiger partial charge in [0.05, 0.1) is 0 Å². The highest BCUT2D eigenvalue weighted by Crippen LogP contribution is 1.83. The van der Waals surface area contributed by atoms with Crippen molar-refractivity contribution in [3.05, 3.63) is 16.4 Å². The van der Waals surface area contributed by atoms with Crippen molar-refractivity contribution in [1.29, 1.82) is 0 Å². The van der Waals surface area contributed by atoms with E-state index in [0.717, 1.165) is 0 Å². The van der Waals surface area contributed by atoms with E-state index in [0.29, 0.717) is 18.8 Å². The largest absolute Gasteiger partial charge is 0.438 e. The number of hydrogen-bond donors (Lipinski definition) is 2. The molecule has 2 N–H and O–H groups in total. The lowest BCUT2D eigenvalue weighted by atomic mass is 10.4. The fraction of sp³-hybridized carbons (Fsp3) is 0.286. The Hall–Kier alpha value is -2.03. The van der Waals surface area contributed by atoms with Crippen LogP contribution in [0.5, 0.6) is 0 Å². The Morgan fingerprint density at radius 1 is 1.77 bits per heavy atom. The molecule has 68 valence electrons. The highest BCUT2D eigenvalue weighted by atomic mass is 16.5. The number of rotatable bonds is 3. The molecule has 1 rings (SSSR count). The van der Waals surface area contributed by atoms with Crippen LogP contribution in [0.15, 0.2) is 9.32 Å². The van der Waals surface area contributed by atoms with Gasteiger partial charge >= 0.3 is 5.76 Å². The van der Waals surface area contributed by atoms with Gasteiger partial charge < -0.3 is 5.32 Å². The number of aromatic amines is 1. The van der Waals surface area contributed by atoms with Crippen molar-refractivity contribution >= 4 is 5.91 Å². The maximum Gasteiger partial charge on any atom is 0.438 e. The van der Waals surface area contributed by atoms with Gasteiger partial charge in [0.15, 0.2) is 5.82 Å². The topological polar surface area (TPSA) is 88.0 Å². The van der Waals surface area contributed by atoms with Crippen LogP contribution < -0.4 is 11.1 Å². The van der Waals surface area contributed by atoms with Gasteiger partial charge in [-0.15, -0.1) is 6.42 Å². The van der Waals surface area contributed by atoms with E-state index in [1.165, 1.54) is 0 Å². The maximum atomic E-state index is 10.5. The van der Waals surface area contributed by atoms with Gasteiger partial charge in [-0.2, -0.15) is 0 Å². The maximum absolute atomic E-state index is 10.5. The molecule has 0 aromatic carbocycles. The lowest BCUT2D eigenvalue weighted by molar-refractivity contribution is -0.115. The van der Waals surface area contributed by atoms with Crippen LogP contribution in [-0.4, -0.2) is 22.6 Å². The van der Waals surface area contributed by atoms with Crippen LogP contribution >= 0.6 is 0 Å². The molecule has 13 heavy (non-hydrogen) atoms. The summed E-state index contributed by atoms with van der Waals surface area (Å²) < 4.78 is 4.23. The number of carbonyl (C=O) groups excluding carboxylic acids is 1. The first-order valence-electron chi connectivity index (χ1n) is 3.51. The summed E-state index contributed by atoms with van der Waals surface area (Å²) in [6, 6.07) is 0. The van der Waals surface area contributed by atoms with Crippen LogP contribution in [0.25, 0.3) is 0 Å². The van der Waals surface area contributed by atoms with E-state index >= 15 is 0 Å². The number of H-pyrrole nitrogens is 1. The van der Waals surface area contributed by atoms with E-state index in [1.54, 1.807) is 0 Å². The van der Waals surface area contributed by atoms with Gasteiger partial charge in [0.1, 0.15) is 0 Å². The van der Waals surface area contributed by atoms with Crippen molar-refractivity contribution in [2.24, 2.45) is 0 Å². The van der Waals surface area contributed by atoms with E-state index in [4.69, 9.17) is 6.42 Å². The monoisotopic (exact) mass is 181 g/mol. The van der Waals surface area contributed by atoms with E-state index in [1.807, 2.05) is 5.92 Å². The number of aromatic nitrogens is 2. The second-order valence-electron chi connectivity index (χ2n) is 2.19. The van der Waals surface area contributed by atoms with Crippen LogP contribution in [0.3, 0.4) is 0 Å². The second kappa shape index (κ2) is 4.11. The zero-order chi connectivity index (χ0) is 9.68. The van der Waals surface area contributed by atoms with Crippen LogP contribution in [-0.2, 0) is 11.2 Å². The molecule has 1 amide bonds. The number of carbonyl (C=O) groups is 1. The molecule has 1 aromatic rings. The van der Waals surface area contributed by atoms with E-state index in [2.05, 4.69) is 20.0 Å². The number of hydrogen-bond acceptors (Lipinski definition) is 4. The van der Waals surface area contributed by atoms with E-state index in [-0.39, 0.29) is 0 Å². The van der Waals surface area contributed by atoms with Crippen LogP contribution in [0.4, 0.5) is 0 Å². The minimum absolute atomic E-state index is 0.311. The zero-order valence-electron chi connectivity index (χ0n) is 6.66. The number of amides is 1. The molecule has 0 aliphatic heterocycles. The highest BCUT2D eigenvalue weighted by molar-refractivity contribution is 5.92. The van der Waals surface area contributed by atoms with Crippen molar-refractivity contribution in [1.82, 2.24) is 15.5 Å². The summed E-state index contributed by atoms with van der Waals surface area (Å²) in [6.45, 7) is 0.311. The van der Waals surface area contributed by atoms with Crippen LogP contribution in [0, 0.1) is 12.3 Å². The lowest BCUT2D eigenvalue weighted by Crippen LogP contribution is -2.24. The molecule has 0 bridgehead atoms. The third kappa shape index (κ3) is 2.83. The van der Waals surface area contributed by atoms with Crippen molar-refractivity contribution < 1.29 is 9.32 Å². The van der Waals surface area contributed by atoms with Crippen LogP contribution in [0.1, 0.15) is 5.82 Å². The predicted molar refractivity (Wildman–Crippen MR) is 42.7 cm³/mol. The van der Waals surface area contributed by atoms with Crippen molar-refractivity contribution in [3.8, 4) is 12.3 Å². The van der Waals surface area contributed by atoms with Crippen molar-refractivity contribution in [2.45, 2.75) is 6.42 Å². The number of nitrogens with zero attached hydrogens (tertiary/aromatic N) is 1. The SMILES string of the molecule is C#CC(=O)NCCc1noc(=O)[nH]1. The van der Waals surface area contributed by atoms with Gasteiger partial charge in [-0.3, -0.25) is 14.3 Å². The summed E-state index contributed by atoms with van der Waals surface area (Å²) in [5.74, 6) is 1.16. The number of terminal acetylenes is 1. The zero-order valence-corrected chi connectivity index (χ0v) is 6.66. The standard InChI is InChI=1S/C7H7N3O3/c1-2-6(11)8-4-3-5-9-7(12)13-10-5/h1H,3-4H2,(H,8,11)(H,9,10,12). The minimum atomic E-state index is -0.613. The molecule has 6 nitrogen and oxygen atoms in total. The molecular weight excluding hydrogens is 174 g/mol. The molecule has 1 heterocycles. The van der Waals surface area contributed by atoms with Gasteiger partial charge in [-0.1, -0.05) is 5.16 Å². The molecule has 0 saturated carbocycles. The van der Waals surface area contributed by atoms with Crippen molar-refractivity contribution in [3.63, 3.8) is 0 Å². The van der Waals surface area contributed by atoms with Gasteiger partial charge in [0, 0.05) is 13.0 Å². The molecule has 0 aliphatic carbocycles. The van der Waals surface area contributed by atoms with Gasteiger partial charge in [-0.05, 0) is 5.92 Å².